The molecule has 0 spiro atoms. The van der Waals surface area contributed by atoms with Crippen LogP contribution in [-0.4, -0.2) is 53.1 Å². The summed E-state index contributed by atoms with van der Waals surface area (Å²) >= 11 is 0. The molecule has 0 radical (unpaired) electrons. The first kappa shape index (κ1) is 19.6. The minimum absolute atomic E-state index is 0.0535. The second kappa shape index (κ2) is 8.73. The molecule has 1 saturated heterocycles. The molecule has 0 atom stereocenters. The minimum Gasteiger partial charge on any atom is -0.353 e. The van der Waals surface area contributed by atoms with Crippen molar-refractivity contribution in [2.24, 2.45) is 0 Å². The molecular formula is C21H23N7O2. The van der Waals surface area contributed by atoms with E-state index in [4.69, 9.17) is 0 Å². The van der Waals surface area contributed by atoms with Crippen LogP contribution < -0.4 is 14.7 Å². The number of nitro groups is 1. The number of anilines is 3. The Balaban J connectivity index is 1.55. The van der Waals surface area contributed by atoms with E-state index in [0.717, 1.165) is 11.4 Å². The van der Waals surface area contributed by atoms with Crippen LogP contribution in [0.15, 0.2) is 61.1 Å². The van der Waals surface area contributed by atoms with Crippen molar-refractivity contribution in [1.82, 2.24) is 15.0 Å². The van der Waals surface area contributed by atoms with Crippen LogP contribution >= 0.6 is 0 Å². The molecule has 3 aromatic rings. The third kappa shape index (κ3) is 4.14. The third-order valence-corrected chi connectivity index (χ3v) is 5.14. The van der Waals surface area contributed by atoms with E-state index in [0.29, 0.717) is 44.4 Å². The molecule has 9 nitrogen and oxygen atoms in total. The highest BCUT2D eigenvalue weighted by atomic mass is 16.6. The summed E-state index contributed by atoms with van der Waals surface area (Å²) in [6, 6.07) is 15.6. The van der Waals surface area contributed by atoms with E-state index in [-0.39, 0.29) is 10.6 Å². The van der Waals surface area contributed by atoms with Crippen LogP contribution in [0.3, 0.4) is 0 Å². The maximum Gasteiger partial charge on any atom is 0.353 e. The van der Waals surface area contributed by atoms with Gasteiger partial charge in [0.25, 0.3) is 0 Å². The number of aromatic nitrogens is 3. The quantitative estimate of drug-likeness (QED) is 0.457. The standard InChI is InChI=1S/C21H23N7O2/c1-25(15-17-7-3-2-4-8-17)20-19(28(29)30)21(24-16-23-20)27-13-11-26(12-14-27)18-9-5-6-10-22-18/h2-10,16H,11-15H2,1H3. The normalized spacial score (nSPS) is 13.9. The van der Waals surface area contributed by atoms with Crippen molar-refractivity contribution in [2.75, 3.05) is 47.9 Å². The van der Waals surface area contributed by atoms with Gasteiger partial charge in [-0.3, -0.25) is 10.1 Å². The van der Waals surface area contributed by atoms with E-state index in [1.165, 1.54) is 6.33 Å². The molecule has 0 bridgehead atoms. The predicted octanol–water partition coefficient (Wildman–Crippen LogP) is 2.74. The van der Waals surface area contributed by atoms with Gasteiger partial charge in [0, 0.05) is 46.0 Å². The fraction of sp³-hybridized carbons (Fsp3) is 0.286. The van der Waals surface area contributed by atoms with Gasteiger partial charge in [-0.05, 0) is 17.7 Å². The predicted molar refractivity (Wildman–Crippen MR) is 116 cm³/mol. The Kier molecular flexibility index (Phi) is 5.69. The summed E-state index contributed by atoms with van der Waals surface area (Å²) in [4.78, 5) is 30.4. The number of pyridine rings is 1. The molecule has 154 valence electrons. The average Bonchev–Trinajstić information content (AvgIpc) is 2.80. The maximum absolute atomic E-state index is 12.0. The van der Waals surface area contributed by atoms with Crippen LogP contribution in [0.2, 0.25) is 0 Å². The number of piperazine rings is 1. The number of rotatable bonds is 6. The number of hydrogen-bond donors (Lipinski definition) is 0. The molecule has 1 aromatic carbocycles. The van der Waals surface area contributed by atoms with E-state index < -0.39 is 0 Å². The lowest BCUT2D eigenvalue weighted by molar-refractivity contribution is -0.383. The maximum atomic E-state index is 12.0. The van der Waals surface area contributed by atoms with Gasteiger partial charge >= 0.3 is 5.69 Å². The highest BCUT2D eigenvalue weighted by Gasteiger charge is 2.31. The molecule has 1 aliphatic heterocycles. The topological polar surface area (TPSA) is 91.5 Å². The van der Waals surface area contributed by atoms with Crippen LogP contribution in [0.1, 0.15) is 5.56 Å². The molecule has 0 aliphatic carbocycles. The summed E-state index contributed by atoms with van der Waals surface area (Å²) < 4.78 is 0. The zero-order chi connectivity index (χ0) is 20.9. The fourth-order valence-corrected chi connectivity index (χ4v) is 3.65. The fourth-order valence-electron chi connectivity index (χ4n) is 3.65. The molecule has 0 saturated carbocycles. The van der Waals surface area contributed by atoms with Crippen molar-refractivity contribution < 1.29 is 4.92 Å². The average molecular weight is 405 g/mol. The number of benzene rings is 1. The third-order valence-electron chi connectivity index (χ3n) is 5.14. The van der Waals surface area contributed by atoms with Gasteiger partial charge in [0.15, 0.2) is 0 Å². The first-order valence-corrected chi connectivity index (χ1v) is 9.79. The SMILES string of the molecule is CN(Cc1ccccc1)c1ncnc(N2CCN(c3ccccn3)CC2)c1[N+](=O)[O-]. The molecule has 0 amide bonds. The van der Waals surface area contributed by atoms with E-state index in [1.54, 1.807) is 11.1 Å². The Morgan fingerprint density at radius 1 is 0.967 bits per heavy atom. The molecular weight excluding hydrogens is 382 g/mol. The lowest BCUT2D eigenvalue weighted by Crippen LogP contribution is -2.47. The van der Waals surface area contributed by atoms with Crippen molar-refractivity contribution in [2.45, 2.75) is 6.54 Å². The number of hydrogen-bond acceptors (Lipinski definition) is 8. The van der Waals surface area contributed by atoms with E-state index >= 15 is 0 Å². The van der Waals surface area contributed by atoms with Gasteiger partial charge in [-0.2, -0.15) is 0 Å². The summed E-state index contributed by atoms with van der Waals surface area (Å²) in [6.07, 6.45) is 3.18. The summed E-state index contributed by atoms with van der Waals surface area (Å²) in [7, 11) is 1.81. The van der Waals surface area contributed by atoms with Crippen molar-refractivity contribution in [3.63, 3.8) is 0 Å². The summed E-state index contributed by atoms with van der Waals surface area (Å²) in [6.45, 7) is 3.19. The van der Waals surface area contributed by atoms with Crippen molar-refractivity contribution in [1.29, 1.82) is 0 Å². The van der Waals surface area contributed by atoms with Crippen LogP contribution in [0.4, 0.5) is 23.1 Å². The Morgan fingerprint density at radius 3 is 2.33 bits per heavy atom. The van der Waals surface area contributed by atoms with Crippen molar-refractivity contribution in [3.05, 3.63) is 76.7 Å². The van der Waals surface area contributed by atoms with Gasteiger partial charge in [-0.25, -0.2) is 15.0 Å². The largest absolute Gasteiger partial charge is 0.353 e. The van der Waals surface area contributed by atoms with Crippen LogP contribution in [0.25, 0.3) is 0 Å². The van der Waals surface area contributed by atoms with Gasteiger partial charge in [0.2, 0.25) is 11.6 Å². The van der Waals surface area contributed by atoms with Gasteiger partial charge in [-0.15, -0.1) is 0 Å². The second-order valence-electron chi connectivity index (χ2n) is 7.13. The first-order valence-electron chi connectivity index (χ1n) is 9.79. The zero-order valence-corrected chi connectivity index (χ0v) is 16.8. The lowest BCUT2D eigenvalue weighted by Gasteiger charge is -2.35. The smallest absolute Gasteiger partial charge is 0.353 e. The first-order chi connectivity index (χ1) is 14.6. The Morgan fingerprint density at radius 2 is 1.67 bits per heavy atom. The van der Waals surface area contributed by atoms with Crippen LogP contribution in [-0.2, 0) is 6.54 Å². The highest BCUT2D eigenvalue weighted by Crippen LogP contribution is 2.34. The second-order valence-corrected chi connectivity index (χ2v) is 7.13. The van der Waals surface area contributed by atoms with Crippen LogP contribution in [0.5, 0.6) is 0 Å². The molecule has 0 unspecified atom stereocenters. The van der Waals surface area contributed by atoms with E-state index in [1.807, 2.05) is 60.5 Å². The van der Waals surface area contributed by atoms with Crippen molar-refractivity contribution in [3.8, 4) is 0 Å². The molecule has 2 aromatic heterocycles. The molecule has 9 heteroatoms. The van der Waals surface area contributed by atoms with Gasteiger partial charge in [0.05, 0.1) is 4.92 Å². The summed E-state index contributed by atoms with van der Waals surface area (Å²) in [5, 5.41) is 12.0. The molecule has 4 rings (SSSR count). The minimum atomic E-state index is -0.378. The molecule has 3 heterocycles. The van der Waals surface area contributed by atoms with Gasteiger partial charge in [-0.1, -0.05) is 36.4 Å². The Labute approximate surface area is 174 Å². The van der Waals surface area contributed by atoms with Crippen LogP contribution in [0, 0.1) is 10.1 Å². The molecule has 0 N–H and O–H groups in total. The van der Waals surface area contributed by atoms with E-state index in [2.05, 4.69) is 19.9 Å². The summed E-state index contributed by atoms with van der Waals surface area (Å²) in [5.74, 6) is 1.60. The highest BCUT2D eigenvalue weighted by molar-refractivity contribution is 5.71. The molecule has 1 aliphatic rings. The van der Waals surface area contributed by atoms with Gasteiger partial charge in [0.1, 0.15) is 12.1 Å². The van der Waals surface area contributed by atoms with Gasteiger partial charge < -0.3 is 14.7 Å². The summed E-state index contributed by atoms with van der Waals surface area (Å²) in [5.41, 5.74) is 1.00. The lowest BCUT2D eigenvalue weighted by atomic mass is 10.2. The Bertz CT molecular complexity index is 993. The molecule has 1 fully saturated rings. The van der Waals surface area contributed by atoms with Crippen molar-refractivity contribution >= 4 is 23.1 Å². The zero-order valence-electron chi connectivity index (χ0n) is 16.8. The van der Waals surface area contributed by atoms with E-state index in [9.17, 15) is 10.1 Å². The Hall–Kier alpha value is -3.75. The number of nitrogens with zero attached hydrogens (tertiary/aromatic N) is 7. The molecule has 30 heavy (non-hydrogen) atoms. The monoisotopic (exact) mass is 405 g/mol.